The van der Waals surface area contributed by atoms with Crippen molar-refractivity contribution in [2.75, 3.05) is 26.0 Å². The molecule has 1 aromatic heterocycles. The van der Waals surface area contributed by atoms with Crippen molar-refractivity contribution in [3.8, 4) is 11.3 Å². The van der Waals surface area contributed by atoms with Crippen molar-refractivity contribution in [2.45, 2.75) is 76.5 Å². The van der Waals surface area contributed by atoms with E-state index >= 15 is 0 Å². The highest BCUT2D eigenvalue weighted by atomic mass is 19.1. The van der Waals surface area contributed by atoms with Gasteiger partial charge in [-0.1, -0.05) is 57.8 Å². The molecule has 2 aromatic carbocycles. The molecule has 37 heavy (non-hydrogen) atoms. The zero-order valence-corrected chi connectivity index (χ0v) is 22.6. The highest BCUT2D eigenvalue weighted by Crippen LogP contribution is 2.47. The van der Waals surface area contributed by atoms with Crippen LogP contribution in [0.3, 0.4) is 0 Å². The molecule has 0 radical (unpaired) electrons. The second kappa shape index (κ2) is 11.3. The van der Waals surface area contributed by atoms with Gasteiger partial charge in [0.2, 0.25) is 0 Å². The number of nitrogens with zero attached hydrogens (tertiary/aromatic N) is 1. The van der Waals surface area contributed by atoms with E-state index in [9.17, 15) is 9.18 Å². The molecule has 1 N–H and O–H groups in total. The predicted octanol–water partition coefficient (Wildman–Crippen LogP) is 8.30. The third kappa shape index (κ3) is 5.42. The van der Waals surface area contributed by atoms with Crippen LogP contribution in [-0.4, -0.2) is 27.1 Å². The Morgan fingerprint density at radius 1 is 0.919 bits per heavy atom. The van der Waals surface area contributed by atoms with Crippen molar-refractivity contribution in [1.82, 2.24) is 5.32 Å². The zero-order valence-electron chi connectivity index (χ0n) is 22.6. The molecule has 2 aliphatic rings. The molecule has 4 nitrogen and oxygen atoms in total. The number of hydrogen-bond acceptors (Lipinski definition) is 3. The number of halogens is 1. The first-order valence-electron chi connectivity index (χ1n) is 14.2. The SMILES string of the molecule is CNC(=O)c1c(-c2ccc(F)cc2)oc2cc(N(C)C)c(C3CCCC(C4CCCCCCC4)C3)cc12. The topological polar surface area (TPSA) is 45.5 Å². The van der Waals surface area contributed by atoms with E-state index in [1.165, 1.54) is 94.0 Å². The Morgan fingerprint density at radius 2 is 1.59 bits per heavy atom. The van der Waals surface area contributed by atoms with Gasteiger partial charge < -0.3 is 14.6 Å². The average molecular weight is 505 g/mol. The molecule has 0 saturated heterocycles. The number of hydrogen-bond donors (Lipinski definition) is 1. The summed E-state index contributed by atoms with van der Waals surface area (Å²) in [7, 11) is 5.82. The van der Waals surface area contributed by atoms with Gasteiger partial charge in [-0.3, -0.25) is 4.79 Å². The Hall–Kier alpha value is -2.82. The van der Waals surface area contributed by atoms with Gasteiger partial charge in [-0.25, -0.2) is 4.39 Å². The number of fused-ring (bicyclic) bond motifs is 1. The van der Waals surface area contributed by atoms with E-state index in [0.717, 1.165) is 17.2 Å². The summed E-state index contributed by atoms with van der Waals surface area (Å²) in [5, 5.41) is 3.64. The number of benzene rings is 2. The van der Waals surface area contributed by atoms with Crippen molar-refractivity contribution in [3.05, 3.63) is 53.3 Å². The van der Waals surface area contributed by atoms with E-state index < -0.39 is 0 Å². The Kier molecular flexibility index (Phi) is 7.87. The molecule has 2 fully saturated rings. The zero-order chi connectivity index (χ0) is 25.9. The summed E-state index contributed by atoms with van der Waals surface area (Å²) < 4.78 is 19.9. The maximum absolute atomic E-state index is 13.6. The smallest absolute Gasteiger partial charge is 0.255 e. The molecular weight excluding hydrogens is 463 g/mol. The number of nitrogens with one attached hydrogen (secondary N) is 1. The van der Waals surface area contributed by atoms with Crippen molar-refractivity contribution in [1.29, 1.82) is 0 Å². The fraction of sp³-hybridized carbons (Fsp3) is 0.531. The Bertz CT molecular complexity index is 1220. The minimum atomic E-state index is -0.310. The predicted molar refractivity (Wildman–Crippen MR) is 150 cm³/mol. The van der Waals surface area contributed by atoms with Gasteiger partial charge in [0.05, 0.1) is 5.56 Å². The van der Waals surface area contributed by atoms with E-state index in [2.05, 4.69) is 36.4 Å². The van der Waals surface area contributed by atoms with Crippen LogP contribution in [0.5, 0.6) is 0 Å². The summed E-state index contributed by atoms with van der Waals surface area (Å²) in [5.74, 6) is 2.13. The minimum absolute atomic E-state index is 0.183. The molecule has 2 atom stereocenters. The molecule has 2 saturated carbocycles. The fourth-order valence-electron chi connectivity index (χ4n) is 6.92. The van der Waals surface area contributed by atoms with Gasteiger partial charge in [-0.05, 0) is 66.5 Å². The molecule has 5 heteroatoms. The Labute approximate surface area is 220 Å². The molecule has 198 valence electrons. The van der Waals surface area contributed by atoms with Gasteiger partial charge in [-0.15, -0.1) is 0 Å². The van der Waals surface area contributed by atoms with Crippen LogP contribution in [-0.2, 0) is 0 Å². The van der Waals surface area contributed by atoms with Crippen LogP contribution in [0.1, 0.15) is 92.5 Å². The number of carbonyl (C=O) groups is 1. The van der Waals surface area contributed by atoms with Crippen LogP contribution >= 0.6 is 0 Å². The highest BCUT2D eigenvalue weighted by Gasteiger charge is 2.32. The van der Waals surface area contributed by atoms with Crippen LogP contribution in [0, 0.1) is 17.7 Å². The Morgan fingerprint density at radius 3 is 2.27 bits per heavy atom. The van der Waals surface area contributed by atoms with Crippen molar-refractivity contribution in [3.63, 3.8) is 0 Å². The van der Waals surface area contributed by atoms with Gasteiger partial charge in [-0.2, -0.15) is 0 Å². The summed E-state index contributed by atoms with van der Waals surface area (Å²) in [4.78, 5) is 15.3. The lowest BCUT2D eigenvalue weighted by Gasteiger charge is -2.37. The number of amides is 1. The molecule has 2 aliphatic carbocycles. The molecule has 1 amide bonds. The Balaban J connectivity index is 1.56. The highest BCUT2D eigenvalue weighted by molar-refractivity contribution is 6.11. The summed E-state index contributed by atoms with van der Waals surface area (Å²) in [6.07, 6.45) is 14.8. The van der Waals surface area contributed by atoms with Crippen molar-refractivity contribution >= 4 is 22.6 Å². The molecular formula is C32H41FN2O2. The van der Waals surface area contributed by atoms with Crippen LogP contribution in [0.4, 0.5) is 10.1 Å². The second-order valence-electron chi connectivity index (χ2n) is 11.4. The first-order valence-corrected chi connectivity index (χ1v) is 14.2. The first-order chi connectivity index (χ1) is 18.0. The third-order valence-electron chi connectivity index (χ3n) is 8.85. The number of carbonyl (C=O) groups excluding carboxylic acids is 1. The van der Waals surface area contributed by atoms with Crippen LogP contribution < -0.4 is 10.2 Å². The van der Waals surface area contributed by atoms with Gasteiger partial charge >= 0.3 is 0 Å². The molecule has 1 heterocycles. The van der Waals surface area contributed by atoms with E-state index in [1.54, 1.807) is 19.2 Å². The molecule has 0 spiro atoms. The summed E-state index contributed by atoms with van der Waals surface area (Å²) in [6.45, 7) is 0. The van der Waals surface area contributed by atoms with Gasteiger partial charge in [0.15, 0.2) is 0 Å². The monoisotopic (exact) mass is 504 g/mol. The molecule has 2 unspecified atom stereocenters. The second-order valence-corrected chi connectivity index (χ2v) is 11.4. The average Bonchev–Trinajstić information content (AvgIpc) is 3.26. The maximum Gasteiger partial charge on any atom is 0.255 e. The van der Waals surface area contributed by atoms with E-state index in [0.29, 0.717) is 28.4 Å². The maximum atomic E-state index is 13.6. The number of rotatable bonds is 5. The fourth-order valence-corrected chi connectivity index (χ4v) is 6.92. The molecule has 3 aromatic rings. The quantitative estimate of drug-likeness (QED) is 0.380. The van der Waals surface area contributed by atoms with Crippen molar-refractivity contribution < 1.29 is 13.6 Å². The standard InChI is InChI=1S/C32H41FN2O2/c1-34-32(36)30-27-19-26(24-13-9-12-23(18-24)21-10-7-5-4-6-8-11-21)28(35(2)3)20-29(27)37-31(30)22-14-16-25(33)17-15-22/h14-17,19-21,23-24H,4-13,18H2,1-3H3,(H,34,36). The lowest BCUT2D eigenvalue weighted by molar-refractivity contribution is 0.0964. The third-order valence-corrected chi connectivity index (χ3v) is 8.85. The number of anilines is 1. The van der Waals surface area contributed by atoms with E-state index in [-0.39, 0.29) is 11.7 Å². The van der Waals surface area contributed by atoms with E-state index in [1.807, 2.05) is 0 Å². The van der Waals surface area contributed by atoms with E-state index in [4.69, 9.17) is 4.42 Å². The van der Waals surface area contributed by atoms with Gasteiger partial charge in [0.25, 0.3) is 5.91 Å². The lowest BCUT2D eigenvalue weighted by atomic mass is 9.69. The number of furan rings is 1. The van der Waals surface area contributed by atoms with Crippen LogP contribution in [0.15, 0.2) is 40.8 Å². The van der Waals surface area contributed by atoms with Crippen LogP contribution in [0.25, 0.3) is 22.3 Å². The van der Waals surface area contributed by atoms with Crippen molar-refractivity contribution in [2.24, 2.45) is 11.8 Å². The summed E-state index contributed by atoms with van der Waals surface area (Å²) >= 11 is 0. The van der Waals surface area contributed by atoms with Gasteiger partial charge in [0, 0.05) is 43.8 Å². The minimum Gasteiger partial charge on any atom is -0.455 e. The summed E-state index contributed by atoms with van der Waals surface area (Å²) in [6, 6.07) is 10.5. The molecule has 0 bridgehead atoms. The molecule has 5 rings (SSSR count). The van der Waals surface area contributed by atoms with Gasteiger partial charge in [0.1, 0.15) is 17.2 Å². The normalized spacial score (nSPS) is 21.4. The first kappa shape index (κ1) is 25.8. The largest absolute Gasteiger partial charge is 0.455 e. The summed E-state index contributed by atoms with van der Waals surface area (Å²) in [5.41, 5.74) is 4.41. The lowest BCUT2D eigenvalue weighted by Crippen LogP contribution is -2.24. The van der Waals surface area contributed by atoms with Crippen LogP contribution in [0.2, 0.25) is 0 Å². The molecule has 0 aliphatic heterocycles.